The molecule has 0 saturated heterocycles. The summed E-state index contributed by atoms with van der Waals surface area (Å²) in [4.78, 5) is 4.32. The third-order valence-corrected chi connectivity index (χ3v) is 3.85. The molecule has 1 aliphatic carbocycles. The monoisotopic (exact) mass is 218 g/mol. The minimum Gasteiger partial charge on any atom is -0.310 e. The highest BCUT2D eigenvalue weighted by molar-refractivity contribution is 5.18. The number of pyridine rings is 1. The van der Waals surface area contributed by atoms with E-state index in [0.717, 1.165) is 24.2 Å². The number of nitrogens with zero attached hydrogens (tertiary/aromatic N) is 1. The summed E-state index contributed by atoms with van der Waals surface area (Å²) >= 11 is 0. The van der Waals surface area contributed by atoms with Crippen molar-refractivity contribution in [1.29, 1.82) is 0 Å². The Bertz CT molecular complexity index is 335. The zero-order valence-electron chi connectivity index (χ0n) is 10.4. The van der Waals surface area contributed by atoms with Gasteiger partial charge in [-0.05, 0) is 37.3 Å². The molecule has 0 aromatic carbocycles. The summed E-state index contributed by atoms with van der Waals surface area (Å²) in [5.74, 6) is 0.886. The normalized spacial score (nSPS) is 24.9. The van der Waals surface area contributed by atoms with Gasteiger partial charge in [0.05, 0.1) is 0 Å². The lowest BCUT2D eigenvalue weighted by atomic mass is 10.0. The van der Waals surface area contributed by atoms with Crippen molar-refractivity contribution in [3.8, 4) is 0 Å². The molecule has 16 heavy (non-hydrogen) atoms. The van der Waals surface area contributed by atoms with E-state index in [1.165, 1.54) is 31.2 Å². The fraction of sp³-hybridized carbons (Fsp3) is 0.643. The molecule has 1 fully saturated rings. The fourth-order valence-electron chi connectivity index (χ4n) is 2.74. The minimum atomic E-state index is 0.726. The van der Waals surface area contributed by atoms with E-state index >= 15 is 0 Å². The van der Waals surface area contributed by atoms with Crippen molar-refractivity contribution in [2.24, 2.45) is 5.92 Å². The predicted octanol–water partition coefficient (Wildman–Crippen LogP) is 3.06. The van der Waals surface area contributed by atoms with E-state index < -0.39 is 0 Å². The van der Waals surface area contributed by atoms with Crippen molar-refractivity contribution in [1.82, 2.24) is 10.3 Å². The van der Waals surface area contributed by atoms with E-state index in [2.05, 4.69) is 30.2 Å². The smallest absolute Gasteiger partial charge is 0.0417 e. The lowest BCUT2D eigenvalue weighted by Gasteiger charge is -2.20. The Hall–Kier alpha value is -0.890. The highest BCUT2D eigenvalue weighted by atomic mass is 14.9. The van der Waals surface area contributed by atoms with E-state index in [9.17, 15) is 0 Å². The molecule has 1 aromatic rings. The van der Waals surface area contributed by atoms with Crippen LogP contribution in [0.25, 0.3) is 0 Å². The second-order valence-electron chi connectivity index (χ2n) is 4.83. The fourth-order valence-corrected chi connectivity index (χ4v) is 2.74. The van der Waals surface area contributed by atoms with Crippen LogP contribution in [0.4, 0.5) is 0 Å². The number of nitrogens with one attached hydrogen (secondary N) is 1. The van der Waals surface area contributed by atoms with Crippen LogP contribution in [0, 0.1) is 12.8 Å². The van der Waals surface area contributed by atoms with Crippen LogP contribution < -0.4 is 5.32 Å². The van der Waals surface area contributed by atoms with E-state index in [4.69, 9.17) is 0 Å². The minimum absolute atomic E-state index is 0.726. The quantitative estimate of drug-likeness (QED) is 0.840. The van der Waals surface area contributed by atoms with Gasteiger partial charge in [-0.2, -0.15) is 0 Å². The van der Waals surface area contributed by atoms with Crippen molar-refractivity contribution in [2.45, 2.75) is 52.1 Å². The SMILES string of the molecule is CCC1CCCC1NCc1cccnc1C. The van der Waals surface area contributed by atoms with Crippen LogP contribution in [0.2, 0.25) is 0 Å². The summed E-state index contributed by atoms with van der Waals surface area (Å²) in [5.41, 5.74) is 2.49. The van der Waals surface area contributed by atoms with Gasteiger partial charge in [-0.3, -0.25) is 4.98 Å². The Morgan fingerprint density at radius 1 is 1.44 bits per heavy atom. The van der Waals surface area contributed by atoms with Gasteiger partial charge in [0.2, 0.25) is 0 Å². The van der Waals surface area contributed by atoms with Crippen molar-refractivity contribution < 1.29 is 0 Å². The lowest BCUT2D eigenvalue weighted by molar-refractivity contribution is 0.389. The molecule has 0 radical (unpaired) electrons. The third-order valence-electron chi connectivity index (χ3n) is 3.85. The van der Waals surface area contributed by atoms with Crippen molar-refractivity contribution in [3.63, 3.8) is 0 Å². The lowest BCUT2D eigenvalue weighted by Crippen LogP contribution is -2.31. The molecule has 2 nitrogen and oxygen atoms in total. The van der Waals surface area contributed by atoms with Gasteiger partial charge in [0.1, 0.15) is 0 Å². The highest BCUT2D eigenvalue weighted by Gasteiger charge is 2.24. The van der Waals surface area contributed by atoms with Crippen LogP contribution >= 0.6 is 0 Å². The molecule has 2 rings (SSSR count). The van der Waals surface area contributed by atoms with Gasteiger partial charge in [-0.1, -0.05) is 25.8 Å². The molecule has 1 aliphatic rings. The largest absolute Gasteiger partial charge is 0.310 e. The van der Waals surface area contributed by atoms with Crippen LogP contribution in [0.3, 0.4) is 0 Å². The summed E-state index contributed by atoms with van der Waals surface area (Å²) in [5, 5.41) is 3.70. The molecule has 1 aromatic heterocycles. The Morgan fingerprint density at radius 3 is 3.06 bits per heavy atom. The average molecular weight is 218 g/mol. The van der Waals surface area contributed by atoms with Crippen molar-refractivity contribution >= 4 is 0 Å². The molecule has 1 saturated carbocycles. The Labute approximate surface area is 98.5 Å². The van der Waals surface area contributed by atoms with Crippen LogP contribution in [0.5, 0.6) is 0 Å². The van der Waals surface area contributed by atoms with Gasteiger partial charge in [-0.25, -0.2) is 0 Å². The number of aromatic nitrogens is 1. The highest BCUT2D eigenvalue weighted by Crippen LogP contribution is 2.28. The second-order valence-corrected chi connectivity index (χ2v) is 4.83. The molecule has 0 spiro atoms. The zero-order chi connectivity index (χ0) is 11.4. The number of aryl methyl sites for hydroxylation is 1. The van der Waals surface area contributed by atoms with Gasteiger partial charge in [-0.15, -0.1) is 0 Å². The van der Waals surface area contributed by atoms with Gasteiger partial charge in [0.15, 0.2) is 0 Å². The first-order chi connectivity index (χ1) is 7.81. The summed E-state index contributed by atoms with van der Waals surface area (Å²) in [6, 6.07) is 4.92. The number of hydrogen-bond donors (Lipinski definition) is 1. The molecule has 2 heteroatoms. The molecule has 1 heterocycles. The standard InChI is InChI=1S/C14H22N2/c1-3-12-6-4-8-14(12)16-10-13-7-5-9-15-11(13)2/h5,7,9,12,14,16H,3-4,6,8,10H2,1-2H3. The van der Waals surface area contributed by atoms with Crippen LogP contribution in [-0.2, 0) is 6.54 Å². The van der Waals surface area contributed by atoms with E-state index in [1.54, 1.807) is 0 Å². The summed E-state index contributed by atoms with van der Waals surface area (Å²) < 4.78 is 0. The van der Waals surface area contributed by atoms with Crippen LogP contribution in [-0.4, -0.2) is 11.0 Å². The van der Waals surface area contributed by atoms with Crippen molar-refractivity contribution in [2.75, 3.05) is 0 Å². The molecule has 0 amide bonds. The molecule has 2 unspecified atom stereocenters. The predicted molar refractivity (Wildman–Crippen MR) is 67.2 cm³/mol. The van der Waals surface area contributed by atoms with Crippen LogP contribution in [0.1, 0.15) is 43.9 Å². The Morgan fingerprint density at radius 2 is 2.31 bits per heavy atom. The first-order valence-corrected chi connectivity index (χ1v) is 6.45. The molecule has 0 aliphatic heterocycles. The second kappa shape index (κ2) is 5.44. The summed E-state index contributed by atoms with van der Waals surface area (Å²) in [6.07, 6.45) is 7.31. The molecule has 2 atom stereocenters. The van der Waals surface area contributed by atoms with Gasteiger partial charge >= 0.3 is 0 Å². The zero-order valence-corrected chi connectivity index (χ0v) is 10.4. The molecule has 1 N–H and O–H groups in total. The van der Waals surface area contributed by atoms with Gasteiger partial charge < -0.3 is 5.32 Å². The number of rotatable bonds is 4. The molecule has 0 bridgehead atoms. The van der Waals surface area contributed by atoms with Gasteiger partial charge in [0.25, 0.3) is 0 Å². The van der Waals surface area contributed by atoms with E-state index in [1.807, 2.05) is 12.3 Å². The maximum absolute atomic E-state index is 4.32. The van der Waals surface area contributed by atoms with Crippen LogP contribution in [0.15, 0.2) is 18.3 Å². The third kappa shape index (κ3) is 2.62. The maximum atomic E-state index is 4.32. The van der Waals surface area contributed by atoms with Crippen molar-refractivity contribution in [3.05, 3.63) is 29.6 Å². The Balaban J connectivity index is 1.90. The maximum Gasteiger partial charge on any atom is 0.0417 e. The van der Waals surface area contributed by atoms with Gasteiger partial charge in [0, 0.05) is 24.5 Å². The molecule has 88 valence electrons. The topological polar surface area (TPSA) is 24.9 Å². The first kappa shape index (κ1) is 11.6. The number of hydrogen-bond acceptors (Lipinski definition) is 2. The molecular formula is C14H22N2. The summed E-state index contributed by atoms with van der Waals surface area (Å²) in [7, 11) is 0. The Kier molecular flexibility index (Phi) is 3.94. The first-order valence-electron chi connectivity index (χ1n) is 6.45. The van der Waals surface area contributed by atoms with E-state index in [-0.39, 0.29) is 0 Å². The average Bonchev–Trinajstić information content (AvgIpc) is 2.75. The summed E-state index contributed by atoms with van der Waals surface area (Å²) in [6.45, 7) is 5.36. The van der Waals surface area contributed by atoms with E-state index in [0.29, 0.717) is 0 Å². The molecular weight excluding hydrogens is 196 g/mol.